The van der Waals surface area contributed by atoms with E-state index in [1.54, 1.807) is 12.1 Å². The van der Waals surface area contributed by atoms with Crippen molar-refractivity contribution in [2.75, 3.05) is 0 Å². The number of aliphatic hydroxyl groups excluding tert-OH is 1. The molecule has 0 amide bonds. The van der Waals surface area contributed by atoms with E-state index in [0.29, 0.717) is 16.0 Å². The molecule has 0 fully saturated rings. The second-order valence-electron chi connectivity index (χ2n) is 2.98. The minimum atomic E-state index is -1.00. The van der Waals surface area contributed by atoms with Gasteiger partial charge in [0, 0.05) is 11.8 Å². The molecule has 0 spiro atoms. The zero-order chi connectivity index (χ0) is 10.8. The first kappa shape index (κ1) is 10.3. The Kier molecular flexibility index (Phi) is 2.83. The zero-order valence-electron chi connectivity index (χ0n) is 7.52. The van der Waals surface area contributed by atoms with Crippen LogP contribution in [0.3, 0.4) is 0 Å². The van der Waals surface area contributed by atoms with Crippen LogP contribution in [0, 0.1) is 5.82 Å². The van der Waals surface area contributed by atoms with Crippen LogP contribution in [-0.4, -0.2) is 10.1 Å². The Morgan fingerprint density at radius 3 is 2.80 bits per heavy atom. The minimum absolute atomic E-state index is 0.342. The monoisotopic (exact) mass is 271 g/mol. The molecule has 2 rings (SSSR count). The predicted molar refractivity (Wildman–Crippen MR) is 54.7 cm³/mol. The van der Waals surface area contributed by atoms with Crippen LogP contribution < -0.4 is 0 Å². The van der Waals surface area contributed by atoms with E-state index in [4.69, 9.17) is 4.42 Å². The molecule has 2 heterocycles. The molecular weight excluding hydrogens is 265 g/mol. The van der Waals surface area contributed by atoms with Crippen LogP contribution in [0.25, 0.3) is 0 Å². The van der Waals surface area contributed by atoms with Gasteiger partial charge in [0.25, 0.3) is 0 Å². The Balaban J connectivity index is 2.32. The molecule has 2 aromatic heterocycles. The van der Waals surface area contributed by atoms with Gasteiger partial charge in [-0.15, -0.1) is 0 Å². The van der Waals surface area contributed by atoms with Crippen LogP contribution >= 0.6 is 15.9 Å². The van der Waals surface area contributed by atoms with Crippen molar-refractivity contribution in [1.82, 2.24) is 4.98 Å². The molecule has 0 saturated carbocycles. The lowest BCUT2D eigenvalue weighted by Gasteiger charge is -2.06. The van der Waals surface area contributed by atoms with Crippen LogP contribution in [0.4, 0.5) is 4.39 Å². The maximum atomic E-state index is 12.8. The highest BCUT2D eigenvalue weighted by atomic mass is 79.9. The molecule has 0 aliphatic carbocycles. The molecule has 0 aromatic carbocycles. The molecular formula is C10H7BrFNO2. The average molecular weight is 272 g/mol. The number of hydrogen-bond acceptors (Lipinski definition) is 3. The van der Waals surface area contributed by atoms with Gasteiger partial charge in [0.15, 0.2) is 4.67 Å². The van der Waals surface area contributed by atoms with Gasteiger partial charge in [-0.2, -0.15) is 0 Å². The number of pyridine rings is 1. The van der Waals surface area contributed by atoms with Crippen molar-refractivity contribution in [1.29, 1.82) is 0 Å². The summed E-state index contributed by atoms with van der Waals surface area (Å²) < 4.78 is 18.5. The Labute approximate surface area is 93.7 Å². The summed E-state index contributed by atoms with van der Waals surface area (Å²) in [6.07, 6.45) is 1.47. The topological polar surface area (TPSA) is 46.3 Å². The molecule has 1 unspecified atom stereocenters. The van der Waals surface area contributed by atoms with E-state index < -0.39 is 11.9 Å². The van der Waals surface area contributed by atoms with Crippen molar-refractivity contribution in [3.63, 3.8) is 0 Å². The van der Waals surface area contributed by atoms with Crippen molar-refractivity contribution in [3.05, 3.63) is 52.4 Å². The van der Waals surface area contributed by atoms with Crippen LogP contribution in [0.5, 0.6) is 0 Å². The van der Waals surface area contributed by atoms with E-state index in [1.807, 2.05) is 0 Å². The predicted octanol–water partition coefficient (Wildman–Crippen LogP) is 2.66. The summed E-state index contributed by atoms with van der Waals surface area (Å²) in [5.41, 5.74) is 0.358. The molecule has 3 nitrogen and oxygen atoms in total. The minimum Gasteiger partial charge on any atom is -0.451 e. The van der Waals surface area contributed by atoms with Crippen LogP contribution in [0.1, 0.15) is 17.4 Å². The van der Waals surface area contributed by atoms with Crippen LogP contribution in [0.2, 0.25) is 0 Å². The van der Waals surface area contributed by atoms with Gasteiger partial charge in [-0.25, -0.2) is 4.39 Å². The smallest absolute Gasteiger partial charge is 0.169 e. The van der Waals surface area contributed by atoms with Crippen molar-refractivity contribution in [3.8, 4) is 0 Å². The molecule has 1 N–H and O–H groups in total. The van der Waals surface area contributed by atoms with Gasteiger partial charge >= 0.3 is 0 Å². The molecule has 5 heteroatoms. The number of hydrogen-bond donors (Lipinski definition) is 1. The number of halogens is 2. The fourth-order valence-corrected chi connectivity index (χ4v) is 1.54. The highest BCUT2D eigenvalue weighted by Gasteiger charge is 2.15. The summed E-state index contributed by atoms with van der Waals surface area (Å²) in [6.45, 7) is 0. The van der Waals surface area contributed by atoms with Gasteiger partial charge in [0.1, 0.15) is 17.7 Å². The van der Waals surface area contributed by atoms with Gasteiger partial charge in [0.05, 0.1) is 6.20 Å². The number of aliphatic hydroxyl groups is 1. The van der Waals surface area contributed by atoms with Crippen molar-refractivity contribution in [2.24, 2.45) is 0 Å². The zero-order valence-corrected chi connectivity index (χ0v) is 9.11. The van der Waals surface area contributed by atoms with E-state index in [0.717, 1.165) is 6.20 Å². The third kappa shape index (κ3) is 2.24. The molecule has 2 aromatic rings. The Morgan fingerprint density at radius 1 is 1.40 bits per heavy atom. The third-order valence-corrected chi connectivity index (χ3v) is 2.33. The number of aromatic nitrogens is 1. The largest absolute Gasteiger partial charge is 0.451 e. The SMILES string of the molecule is OC(c1cncc(F)c1)c1ccc(Br)o1. The van der Waals surface area contributed by atoms with Crippen molar-refractivity contribution < 1.29 is 13.9 Å². The maximum Gasteiger partial charge on any atom is 0.169 e. The quantitative estimate of drug-likeness (QED) is 0.914. The first-order chi connectivity index (χ1) is 7.16. The summed E-state index contributed by atoms with van der Waals surface area (Å²) in [7, 11) is 0. The summed E-state index contributed by atoms with van der Waals surface area (Å²) in [4.78, 5) is 3.65. The Bertz CT molecular complexity index is 472. The van der Waals surface area contributed by atoms with Gasteiger partial charge in [-0.1, -0.05) is 0 Å². The van der Waals surface area contributed by atoms with Gasteiger partial charge in [-0.05, 0) is 34.1 Å². The average Bonchev–Trinajstić information content (AvgIpc) is 2.64. The molecule has 0 radical (unpaired) electrons. The van der Waals surface area contributed by atoms with Crippen LogP contribution in [-0.2, 0) is 0 Å². The van der Waals surface area contributed by atoms with E-state index in [-0.39, 0.29) is 0 Å². The highest BCUT2D eigenvalue weighted by Crippen LogP contribution is 2.25. The lowest BCUT2D eigenvalue weighted by Crippen LogP contribution is -1.99. The highest BCUT2D eigenvalue weighted by molar-refractivity contribution is 9.10. The van der Waals surface area contributed by atoms with E-state index >= 15 is 0 Å². The Morgan fingerprint density at radius 2 is 2.20 bits per heavy atom. The lowest BCUT2D eigenvalue weighted by atomic mass is 10.1. The number of furan rings is 1. The Hall–Kier alpha value is -1.20. The van der Waals surface area contributed by atoms with Gasteiger partial charge in [-0.3, -0.25) is 4.98 Å². The summed E-state index contributed by atoms with van der Waals surface area (Å²) in [5.74, 6) is -0.147. The van der Waals surface area contributed by atoms with Gasteiger partial charge in [0.2, 0.25) is 0 Å². The van der Waals surface area contributed by atoms with E-state index in [2.05, 4.69) is 20.9 Å². The number of rotatable bonds is 2. The number of nitrogens with zero attached hydrogens (tertiary/aromatic N) is 1. The first-order valence-corrected chi connectivity index (χ1v) is 5.00. The summed E-state index contributed by atoms with van der Waals surface area (Å²) in [6, 6.07) is 4.49. The molecule has 0 bridgehead atoms. The van der Waals surface area contributed by atoms with E-state index in [9.17, 15) is 9.50 Å². The summed E-state index contributed by atoms with van der Waals surface area (Å²) in [5, 5.41) is 9.81. The fourth-order valence-electron chi connectivity index (χ4n) is 1.22. The van der Waals surface area contributed by atoms with E-state index in [1.165, 1.54) is 12.3 Å². The van der Waals surface area contributed by atoms with Crippen molar-refractivity contribution in [2.45, 2.75) is 6.10 Å². The van der Waals surface area contributed by atoms with Crippen LogP contribution in [0.15, 0.2) is 39.7 Å². The maximum absolute atomic E-state index is 12.8. The normalized spacial score (nSPS) is 12.7. The second-order valence-corrected chi connectivity index (χ2v) is 3.76. The molecule has 1 atom stereocenters. The molecule has 78 valence electrons. The molecule has 0 saturated heterocycles. The van der Waals surface area contributed by atoms with Gasteiger partial charge < -0.3 is 9.52 Å². The molecule has 0 aliphatic heterocycles. The first-order valence-electron chi connectivity index (χ1n) is 4.20. The fraction of sp³-hybridized carbons (Fsp3) is 0.100. The second kappa shape index (κ2) is 4.12. The molecule has 15 heavy (non-hydrogen) atoms. The van der Waals surface area contributed by atoms with Crippen molar-refractivity contribution >= 4 is 15.9 Å². The third-order valence-electron chi connectivity index (χ3n) is 1.91. The lowest BCUT2D eigenvalue weighted by molar-refractivity contribution is 0.187. The molecule has 0 aliphatic rings. The standard InChI is InChI=1S/C10H7BrFNO2/c11-9-2-1-8(15-9)10(14)6-3-7(12)5-13-4-6/h1-5,10,14H. The summed E-state index contributed by atoms with van der Waals surface area (Å²) >= 11 is 3.12.